The summed E-state index contributed by atoms with van der Waals surface area (Å²) in [4.78, 5) is 53.3. The van der Waals surface area contributed by atoms with Gasteiger partial charge in [-0.1, -0.05) is 12.1 Å². The van der Waals surface area contributed by atoms with Gasteiger partial charge in [0.2, 0.25) is 11.6 Å². The number of phenols is 5. The first kappa shape index (κ1) is 24.8. The third-order valence-electron chi connectivity index (χ3n) is 7.27. The summed E-state index contributed by atoms with van der Waals surface area (Å²) in [7, 11) is 0. The molecule has 0 aromatic heterocycles. The third kappa shape index (κ3) is 3.07. The second-order valence-electron chi connectivity index (χ2n) is 9.60. The fourth-order valence-corrected chi connectivity index (χ4v) is 5.54. The summed E-state index contributed by atoms with van der Waals surface area (Å²) in [6, 6.07) is 8.52. The molecule has 0 unspecified atom stereocenters. The van der Waals surface area contributed by atoms with Crippen LogP contribution in [0.5, 0.6) is 28.7 Å². The van der Waals surface area contributed by atoms with Gasteiger partial charge in [-0.15, -0.1) is 0 Å². The Bertz CT molecular complexity index is 1920. The van der Waals surface area contributed by atoms with Crippen LogP contribution in [-0.2, 0) is 6.61 Å². The van der Waals surface area contributed by atoms with Crippen LogP contribution in [0.4, 0.5) is 0 Å². The van der Waals surface area contributed by atoms with E-state index in [4.69, 9.17) is 0 Å². The lowest BCUT2D eigenvalue weighted by atomic mass is 9.78. The number of aliphatic hydroxyl groups excluding tert-OH is 1. The molecular weight excluding hydrogens is 520 g/mol. The van der Waals surface area contributed by atoms with Crippen LogP contribution >= 0.6 is 0 Å². The summed E-state index contributed by atoms with van der Waals surface area (Å²) in [5.74, 6) is -7.00. The van der Waals surface area contributed by atoms with E-state index >= 15 is 0 Å². The van der Waals surface area contributed by atoms with Gasteiger partial charge in [-0.3, -0.25) is 19.2 Å². The Morgan fingerprint density at radius 2 is 1.05 bits per heavy atom. The molecule has 10 nitrogen and oxygen atoms in total. The molecule has 0 amide bonds. The number of carbonyl (C=O) groups excluding carboxylic acids is 4. The van der Waals surface area contributed by atoms with Gasteiger partial charge in [0.05, 0.1) is 34.4 Å². The highest BCUT2D eigenvalue weighted by Crippen LogP contribution is 2.51. The lowest BCUT2D eigenvalue weighted by Gasteiger charge is -2.25. The van der Waals surface area contributed by atoms with Crippen LogP contribution in [0.15, 0.2) is 42.5 Å². The normalized spacial score (nSPS) is 13.6. The predicted octanol–water partition coefficient (Wildman–Crippen LogP) is 3.23. The molecule has 0 saturated heterocycles. The van der Waals surface area contributed by atoms with Crippen LogP contribution in [0.2, 0.25) is 0 Å². The Labute approximate surface area is 224 Å². The quantitative estimate of drug-likeness (QED) is 0.191. The number of aliphatic hydroxyl groups is 1. The van der Waals surface area contributed by atoms with E-state index in [1.165, 1.54) is 30.3 Å². The molecule has 6 N–H and O–H groups in total. The van der Waals surface area contributed by atoms with Crippen molar-refractivity contribution in [2.75, 3.05) is 0 Å². The van der Waals surface area contributed by atoms with Crippen LogP contribution in [0, 0.1) is 6.92 Å². The molecule has 4 aromatic rings. The lowest BCUT2D eigenvalue weighted by molar-refractivity contribution is 0.0973. The van der Waals surface area contributed by atoms with Gasteiger partial charge in [0.25, 0.3) is 0 Å². The largest absolute Gasteiger partial charge is 0.507 e. The number of hydrogen-bond donors (Lipinski definition) is 6. The molecule has 40 heavy (non-hydrogen) atoms. The van der Waals surface area contributed by atoms with Gasteiger partial charge in [-0.2, -0.15) is 0 Å². The van der Waals surface area contributed by atoms with Crippen molar-refractivity contribution in [3.8, 4) is 39.9 Å². The maximum atomic E-state index is 13.5. The van der Waals surface area contributed by atoms with E-state index in [1.807, 2.05) is 0 Å². The molecule has 198 valence electrons. The highest BCUT2D eigenvalue weighted by Gasteiger charge is 2.40. The van der Waals surface area contributed by atoms with Crippen molar-refractivity contribution >= 4 is 23.1 Å². The zero-order chi connectivity index (χ0) is 28.8. The molecule has 0 saturated carbocycles. The summed E-state index contributed by atoms with van der Waals surface area (Å²) in [5, 5.41) is 64.4. The molecule has 0 fully saturated rings. The Balaban J connectivity index is 1.65. The van der Waals surface area contributed by atoms with E-state index in [2.05, 4.69) is 0 Å². The maximum Gasteiger partial charge on any atom is 0.201 e. The summed E-state index contributed by atoms with van der Waals surface area (Å²) in [6.45, 7) is 0.773. The second kappa shape index (κ2) is 8.26. The lowest BCUT2D eigenvalue weighted by Crippen LogP contribution is -2.23. The fraction of sp³-hybridized carbons (Fsp3) is 0.0667. The minimum Gasteiger partial charge on any atom is -0.507 e. The van der Waals surface area contributed by atoms with E-state index < -0.39 is 80.7 Å². The molecule has 0 radical (unpaired) electrons. The molecule has 4 aromatic carbocycles. The Kier molecular flexibility index (Phi) is 5.13. The van der Waals surface area contributed by atoms with E-state index in [0.717, 1.165) is 12.1 Å². The van der Waals surface area contributed by atoms with Crippen molar-refractivity contribution in [1.29, 1.82) is 0 Å². The van der Waals surface area contributed by atoms with E-state index in [1.54, 1.807) is 6.92 Å². The van der Waals surface area contributed by atoms with Crippen molar-refractivity contribution in [1.82, 2.24) is 0 Å². The summed E-state index contributed by atoms with van der Waals surface area (Å²) < 4.78 is 0. The second-order valence-corrected chi connectivity index (χ2v) is 9.60. The number of phenolic OH excluding ortho intramolecular Hbond substituents is 5. The van der Waals surface area contributed by atoms with Crippen molar-refractivity contribution in [2.45, 2.75) is 13.5 Å². The molecule has 2 aliphatic carbocycles. The van der Waals surface area contributed by atoms with E-state index in [0.29, 0.717) is 5.56 Å². The number of fused-ring (bicyclic) bond motifs is 4. The SMILES string of the molecule is Cc1cc(O)c2c(c1)C(=O)c1cc(CO)c(-c3c(O)cc4c(c3O)C(=O)c3c(O)cccc3C4=O)c(O)c1C2=O. The predicted molar refractivity (Wildman–Crippen MR) is 137 cm³/mol. The first-order valence-electron chi connectivity index (χ1n) is 11.9. The summed E-state index contributed by atoms with van der Waals surface area (Å²) in [5.41, 5.74) is -3.51. The Morgan fingerprint density at radius 1 is 0.525 bits per heavy atom. The van der Waals surface area contributed by atoms with Gasteiger partial charge >= 0.3 is 0 Å². The monoisotopic (exact) mass is 538 g/mol. The molecule has 10 heteroatoms. The van der Waals surface area contributed by atoms with Crippen LogP contribution in [0.25, 0.3) is 11.1 Å². The minimum atomic E-state index is -0.958. The van der Waals surface area contributed by atoms with E-state index in [9.17, 15) is 49.8 Å². The average Bonchev–Trinajstić information content (AvgIpc) is 2.90. The van der Waals surface area contributed by atoms with Gasteiger partial charge in [0.1, 0.15) is 28.7 Å². The zero-order valence-corrected chi connectivity index (χ0v) is 20.6. The molecule has 2 aliphatic rings. The molecule has 6 rings (SSSR count). The first-order chi connectivity index (χ1) is 19.0. The van der Waals surface area contributed by atoms with Crippen LogP contribution in [0.3, 0.4) is 0 Å². The molecule has 0 heterocycles. The number of aromatic hydroxyl groups is 5. The highest BCUT2D eigenvalue weighted by molar-refractivity contribution is 6.32. The zero-order valence-electron chi connectivity index (χ0n) is 20.6. The van der Waals surface area contributed by atoms with E-state index in [-0.39, 0.29) is 38.9 Å². The molecular formula is C30H18O10. The van der Waals surface area contributed by atoms with Crippen molar-refractivity contribution in [2.24, 2.45) is 0 Å². The van der Waals surface area contributed by atoms with Gasteiger partial charge in [0, 0.05) is 27.8 Å². The minimum absolute atomic E-state index is 0.104. The van der Waals surface area contributed by atoms with Crippen LogP contribution in [-0.4, -0.2) is 53.8 Å². The van der Waals surface area contributed by atoms with Crippen molar-refractivity contribution in [3.63, 3.8) is 0 Å². The average molecular weight is 538 g/mol. The number of ketones is 4. The smallest absolute Gasteiger partial charge is 0.201 e. The van der Waals surface area contributed by atoms with Crippen LogP contribution < -0.4 is 0 Å². The van der Waals surface area contributed by atoms with Gasteiger partial charge < -0.3 is 30.6 Å². The number of aryl methyl sites for hydroxylation is 1. The Hall–Kier alpha value is -5.48. The number of rotatable bonds is 2. The number of hydrogen-bond acceptors (Lipinski definition) is 10. The Morgan fingerprint density at radius 3 is 1.70 bits per heavy atom. The van der Waals surface area contributed by atoms with Crippen molar-refractivity contribution in [3.05, 3.63) is 98.1 Å². The molecule has 0 atom stereocenters. The van der Waals surface area contributed by atoms with Gasteiger partial charge in [-0.05, 0) is 48.4 Å². The van der Waals surface area contributed by atoms with Crippen LogP contribution in [0.1, 0.15) is 74.8 Å². The molecule has 0 spiro atoms. The van der Waals surface area contributed by atoms with Gasteiger partial charge in [0.15, 0.2) is 11.6 Å². The maximum absolute atomic E-state index is 13.5. The molecule has 0 aliphatic heterocycles. The third-order valence-corrected chi connectivity index (χ3v) is 7.27. The van der Waals surface area contributed by atoms with Crippen molar-refractivity contribution < 1.29 is 49.8 Å². The highest BCUT2D eigenvalue weighted by atomic mass is 16.3. The first-order valence-corrected chi connectivity index (χ1v) is 11.9. The summed E-state index contributed by atoms with van der Waals surface area (Å²) >= 11 is 0. The fourth-order valence-electron chi connectivity index (χ4n) is 5.54. The number of carbonyl (C=O) groups is 4. The summed E-state index contributed by atoms with van der Waals surface area (Å²) in [6.07, 6.45) is 0. The van der Waals surface area contributed by atoms with Gasteiger partial charge in [-0.25, -0.2) is 0 Å². The molecule has 0 bridgehead atoms. The number of benzene rings is 4. The standard InChI is InChI=1S/C30H18O10/c1-10-5-13-21(17(33)6-10)29(39)22-14(26(13)36)7-11(9-31)19(27(22)37)24-18(34)8-15-23(30(24)40)28(38)20-12(25(15)35)3-2-4-16(20)32/h2-8,31-34,37,40H,9H2,1H3. The topological polar surface area (TPSA) is 190 Å².